The molecule has 0 amide bonds. The van der Waals surface area contributed by atoms with Crippen LogP contribution in [0.15, 0.2) is 0 Å². The molecular formula is C14H27N3S. The van der Waals surface area contributed by atoms with E-state index in [-0.39, 0.29) is 0 Å². The van der Waals surface area contributed by atoms with Crippen molar-refractivity contribution in [2.45, 2.75) is 65.8 Å². The quantitative estimate of drug-likeness (QED) is 0.771. The number of nitrogens with zero attached hydrogens (tertiary/aromatic N) is 2. The first-order valence-electron chi connectivity index (χ1n) is 7.15. The second kappa shape index (κ2) is 7.85. The van der Waals surface area contributed by atoms with Crippen molar-refractivity contribution in [2.24, 2.45) is 5.92 Å². The Morgan fingerprint density at radius 3 is 2.50 bits per heavy atom. The molecule has 104 valence electrons. The Hall–Kier alpha value is -0.480. The molecule has 0 aliphatic heterocycles. The average molecular weight is 269 g/mol. The SMILES string of the molecule is CCCC(C)CC(NCC)c1snnc1C(C)C. The van der Waals surface area contributed by atoms with Crippen molar-refractivity contribution < 1.29 is 0 Å². The molecule has 2 unspecified atom stereocenters. The Kier molecular flexibility index (Phi) is 6.79. The standard InChI is InChI=1S/C14H27N3S/c1-6-8-11(5)9-12(15-7-2)14-13(10(3)4)16-17-18-14/h10-12,15H,6-9H2,1-5H3. The highest BCUT2D eigenvalue weighted by atomic mass is 32.1. The zero-order valence-corrected chi connectivity index (χ0v) is 13.2. The molecule has 0 aliphatic carbocycles. The molecule has 0 spiro atoms. The van der Waals surface area contributed by atoms with Crippen molar-refractivity contribution in [3.63, 3.8) is 0 Å². The summed E-state index contributed by atoms with van der Waals surface area (Å²) >= 11 is 1.56. The van der Waals surface area contributed by atoms with E-state index in [2.05, 4.69) is 49.5 Å². The fourth-order valence-electron chi connectivity index (χ4n) is 2.39. The molecule has 4 heteroatoms. The van der Waals surface area contributed by atoms with Gasteiger partial charge in [-0.25, -0.2) is 0 Å². The molecule has 0 radical (unpaired) electrons. The maximum Gasteiger partial charge on any atom is 0.0829 e. The summed E-state index contributed by atoms with van der Waals surface area (Å²) in [7, 11) is 0. The number of aromatic nitrogens is 2. The molecule has 2 atom stereocenters. The third-order valence-corrected chi connectivity index (χ3v) is 4.13. The average Bonchev–Trinajstić information content (AvgIpc) is 2.77. The normalized spacial score (nSPS) is 15.0. The number of hydrogen-bond donors (Lipinski definition) is 1. The van der Waals surface area contributed by atoms with E-state index < -0.39 is 0 Å². The van der Waals surface area contributed by atoms with Gasteiger partial charge in [0.15, 0.2) is 0 Å². The Bertz CT molecular complexity index is 336. The summed E-state index contributed by atoms with van der Waals surface area (Å²) in [4.78, 5) is 1.34. The second-order valence-electron chi connectivity index (χ2n) is 5.42. The molecule has 0 saturated carbocycles. The topological polar surface area (TPSA) is 37.8 Å². The zero-order chi connectivity index (χ0) is 13.5. The van der Waals surface area contributed by atoms with E-state index in [0.29, 0.717) is 12.0 Å². The second-order valence-corrected chi connectivity index (χ2v) is 6.20. The minimum atomic E-state index is 0.425. The third kappa shape index (κ3) is 4.32. The minimum Gasteiger partial charge on any atom is -0.309 e. The van der Waals surface area contributed by atoms with Crippen molar-refractivity contribution in [3.05, 3.63) is 10.6 Å². The molecule has 0 bridgehead atoms. The van der Waals surface area contributed by atoms with Crippen molar-refractivity contribution >= 4 is 11.5 Å². The molecule has 1 aromatic rings. The number of hydrogen-bond acceptors (Lipinski definition) is 4. The van der Waals surface area contributed by atoms with Crippen LogP contribution in [0, 0.1) is 5.92 Å². The van der Waals surface area contributed by atoms with Crippen molar-refractivity contribution in [2.75, 3.05) is 6.54 Å². The summed E-state index contributed by atoms with van der Waals surface area (Å²) in [5, 5.41) is 7.90. The molecule has 0 fully saturated rings. The third-order valence-electron chi connectivity index (χ3n) is 3.27. The van der Waals surface area contributed by atoms with E-state index in [9.17, 15) is 0 Å². The van der Waals surface area contributed by atoms with Crippen LogP contribution in [-0.2, 0) is 0 Å². The van der Waals surface area contributed by atoms with Gasteiger partial charge in [-0.3, -0.25) is 0 Å². The van der Waals surface area contributed by atoms with E-state index in [0.717, 1.165) is 12.5 Å². The Morgan fingerprint density at radius 2 is 1.94 bits per heavy atom. The molecule has 1 heterocycles. The molecule has 0 aliphatic rings. The molecular weight excluding hydrogens is 242 g/mol. The van der Waals surface area contributed by atoms with Crippen LogP contribution in [0.3, 0.4) is 0 Å². The summed E-state index contributed by atoms with van der Waals surface area (Å²) in [6.07, 6.45) is 3.74. The Balaban J connectivity index is 2.79. The lowest BCUT2D eigenvalue weighted by Crippen LogP contribution is -2.23. The maximum atomic E-state index is 4.30. The number of nitrogens with one attached hydrogen (secondary N) is 1. The Labute approximate surface area is 116 Å². The van der Waals surface area contributed by atoms with Crippen LogP contribution in [-0.4, -0.2) is 16.1 Å². The summed E-state index contributed by atoms with van der Waals surface area (Å²) < 4.78 is 4.15. The fourth-order valence-corrected chi connectivity index (χ4v) is 3.28. The van der Waals surface area contributed by atoms with E-state index in [1.54, 1.807) is 11.5 Å². The van der Waals surface area contributed by atoms with Gasteiger partial charge in [0.1, 0.15) is 0 Å². The largest absolute Gasteiger partial charge is 0.309 e. The highest BCUT2D eigenvalue weighted by Crippen LogP contribution is 2.31. The van der Waals surface area contributed by atoms with Crippen LogP contribution < -0.4 is 5.32 Å². The van der Waals surface area contributed by atoms with Gasteiger partial charge in [0, 0.05) is 6.04 Å². The maximum absolute atomic E-state index is 4.30. The molecule has 1 aromatic heterocycles. The Morgan fingerprint density at radius 1 is 1.22 bits per heavy atom. The van der Waals surface area contributed by atoms with Crippen molar-refractivity contribution in [3.8, 4) is 0 Å². The number of rotatable bonds is 8. The van der Waals surface area contributed by atoms with Gasteiger partial charge in [-0.15, -0.1) is 5.10 Å². The van der Waals surface area contributed by atoms with Crippen LogP contribution in [0.4, 0.5) is 0 Å². The van der Waals surface area contributed by atoms with Gasteiger partial charge in [0.2, 0.25) is 0 Å². The summed E-state index contributed by atoms with van der Waals surface area (Å²) in [6, 6.07) is 0.425. The van der Waals surface area contributed by atoms with Gasteiger partial charge in [0.25, 0.3) is 0 Å². The van der Waals surface area contributed by atoms with Crippen molar-refractivity contribution in [1.29, 1.82) is 0 Å². The molecule has 1 rings (SSSR count). The fraction of sp³-hybridized carbons (Fsp3) is 0.857. The molecule has 3 nitrogen and oxygen atoms in total. The highest BCUT2D eigenvalue weighted by Gasteiger charge is 2.22. The summed E-state index contributed by atoms with van der Waals surface area (Å²) in [6.45, 7) is 12.2. The first-order valence-corrected chi connectivity index (χ1v) is 7.92. The monoisotopic (exact) mass is 269 g/mol. The van der Waals surface area contributed by atoms with Crippen LogP contribution in [0.25, 0.3) is 0 Å². The van der Waals surface area contributed by atoms with Gasteiger partial charge < -0.3 is 5.32 Å². The van der Waals surface area contributed by atoms with E-state index in [1.807, 2.05) is 0 Å². The van der Waals surface area contributed by atoms with Crippen molar-refractivity contribution in [1.82, 2.24) is 14.9 Å². The van der Waals surface area contributed by atoms with Gasteiger partial charge in [-0.05, 0) is 36.3 Å². The van der Waals surface area contributed by atoms with Gasteiger partial charge >= 0.3 is 0 Å². The first kappa shape index (κ1) is 15.6. The van der Waals surface area contributed by atoms with Crippen LogP contribution in [0.5, 0.6) is 0 Å². The van der Waals surface area contributed by atoms with E-state index in [4.69, 9.17) is 0 Å². The van der Waals surface area contributed by atoms with Crippen LogP contribution in [0.1, 0.15) is 76.4 Å². The highest BCUT2D eigenvalue weighted by molar-refractivity contribution is 7.05. The minimum absolute atomic E-state index is 0.425. The molecule has 18 heavy (non-hydrogen) atoms. The predicted molar refractivity (Wildman–Crippen MR) is 79.1 cm³/mol. The summed E-state index contributed by atoms with van der Waals surface area (Å²) in [5.41, 5.74) is 1.18. The molecule has 1 N–H and O–H groups in total. The molecule has 0 saturated heterocycles. The lowest BCUT2D eigenvalue weighted by atomic mass is 9.94. The lowest BCUT2D eigenvalue weighted by Gasteiger charge is -2.21. The summed E-state index contributed by atoms with van der Waals surface area (Å²) in [5.74, 6) is 1.21. The van der Waals surface area contributed by atoms with Crippen LogP contribution >= 0.6 is 11.5 Å². The smallest absolute Gasteiger partial charge is 0.0829 e. The predicted octanol–water partition coefficient (Wildman–Crippen LogP) is 4.14. The van der Waals surface area contributed by atoms with E-state index >= 15 is 0 Å². The van der Waals surface area contributed by atoms with E-state index in [1.165, 1.54) is 29.8 Å². The van der Waals surface area contributed by atoms with Gasteiger partial charge in [0.05, 0.1) is 10.6 Å². The first-order chi connectivity index (χ1) is 8.60. The zero-order valence-electron chi connectivity index (χ0n) is 12.4. The lowest BCUT2D eigenvalue weighted by molar-refractivity contribution is 0.396. The van der Waals surface area contributed by atoms with Crippen LogP contribution in [0.2, 0.25) is 0 Å². The molecule has 0 aromatic carbocycles. The van der Waals surface area contributed by atoms with Gasteiger partial charge in [-0.1, -0.05) is 51.9 Å². The van der Waals surface area contributed by atoms with Gasteiger partial charge in [-0.2, -0.15) is 0 Å².